The molecule has 0 radical (unpaired) electrons. The number of amides is 2. The molecule has 0 atom stereocenters. The molecule has 1 aliphatic heterocycles. The summed E-state index contributed by atoms with van der Waals surface area (Å²) in [4.78, 5) is 28.2. The summed E-state index contributed by atoms with van der Waals surface area (Å²) >= 11 is 0. The summed E-state index contributed by atoms with van der Waals surface area (Å²) in [6, 6.07) is 10.3. The second-order valence-corrected chi connectivity index (χ2v) is 7.12. The third-order valence-corrected chi connectivity index (χ3v) is 3.80. The first kappa shape index (κ1) is 17.5. The minimum Gasteiger partial charge on any atom is -0.351 e. The molecule has 1 aliphatic rings. The quantitative estimate of drug-likeness (QED) is 0.859. The van der Waals surface area contributed by atoms with Gasteiger partial charge in [-0.05, 0) is 26.3 Å². The average molecular weight is 317 g/mol. The summed E-state index contributed by atoms with van der Waals surface area (Å²) in [6.45, 7) is 9.73. The smallest absolute Gasteiger partial charge is 0.232 e. The minimum absolute atomic E-state index is 0.0596. The van der Waals surface area contributed by atoms with Crippen molar-refractivity contribution in [1.29, 1.82) is 0 Å². The maximum atomic E-state index is 12.2. The van der Waals surface area contributed by atoms with Gasteiger partial charge >= 0.3 is 0 Å². The fourth-order valence-electron chi connectivity index (χ4n) is 2.71. The Morgan fingerprint density at radius 3 is 2.22 bits per heavy atom. The van der Waals surface area contributed by atoms with Gasteiger partial charge in [0, 0.05) is 38.3 Å². The van der Waals surface area contributed by atoms with Crippen LogP contribution in [0.15, 0.2) is 30.3 Å². The second-order valence-electron chi connectivity index (χ2n) is 7.12. The Bertz CT molecular complexity index is 529. The second kappa shape index (κ2) is 7.59. The van der Waals surface area contributed by atoms with Crippen LogP contribution in [-0.2, 0) is 16.1 Å². The normalized spacial score (nSPS) is 16.2. The van der Waals surface area contributed by atoms with Gasteiger partial charge in [0.1, 0.15) is 6.42 Å². The predicted molar refractivity (Wildman–Crippen MR) is 90.8 cm³/mol. The first-order chi connectivity index (χ1) is 10.8. The zero-order chi connectivity index (χ0) is 16.9. The van der Waals surface area contributed by atoms with Crippen molar-refractivity contribution in [2.24, 2.45) is 0 Å². The van der Waals surface area contributed by atoms with Crippen molar-refractivity contribution in [2.75, 3.05) is 26.2 Å². The van der Waals surface area contributed by atoms with Crippen LogP contribution in [0.2, 0.25) is 0 Å². The van der Waals surface area contributed by atoms with Crippen molar-refractivity contribution in [1.82, 2.24) is 15.1 Å². The highest BCUT2D eigenvalue weighted by atomic mass is 16.2. The van der Waals surface area contributed by atoms with Gasteiger partial charge in [-0.1, -0.05) is 30.3 Å². The van der Waals surface area contributed by atoms with Gasteiger partial charge in [0.25, 0.3) is 0 Å². The molecule has 2 rings (SSSR count). The first-order valence-electron chi connectivity index (χ1n) is 8.18. The lowest BCUT2D eigenvalue weighted by Crippen LogP contribution is -2.50. The molecule has 0 bridgehead atoms. The van der Waals surface area contributed by atoms with Crippen molar-refractivity contribution in [2.45, 2.75) is 39.3 Å². The summed E-state index contributed by atoms with van der Waals surface area (Å²) in [5, 5.41) is 2.83. The Labute approximate surface area is 138 Å². The van der Waals surface area contributed by atoms with Gasteiger partial charge in [0.05, 0.1) is 0 Å². The molecule has 5 nitrogen and oxygen atoms in total. The van der Waals surface area contributed by atoms with E-state index < -0.39 is 0 Å². The zero-order valence-electron chi connectivity index (χ0n) is 14.3. The van der Waals surface area contributed by atoms with Crippen molar-refractivity contribution < 1.29 is 9.59 Å². The molecule has 1 aromatic carbocycles. The van der Waals surface area contributed by atoms with Crippen molar-refractivity contribution in [3.05, 3.63) is 35.9 Å². The number of piperazine rings is 1. The summed E-state index contributed by atoms with van der Waals surface area (Å²) in [5.74, 6) is -0.277. The van der Waals surface area contributed by atoms with Gasteiger partial charge in [0.15, 0.2) is 0 Å². The Morgan fingerprint density at radius 2 is 1.65 bits per heavy atom. The molecule has 1 N–H and O–H groups in total. The molecule has 0 unspecified atom stereocenters. The van der Waals surface area contributed by atoms with Crippen molar-refractivity contribution in [3.63, 3.8) is 0 Å². The van der Waals surface area contributed by atoms with Crippen LogP contribution in [0.1, 0.15) is 32.8 Å². The van der Waals surface area contributed by atoms with E-state index in [1.54, 1.807) is 4.90 Å². The fraction of sp³-hybridized carbons (Fsp3) is 0.556. The monoisotopic (exact) mass is 317 g/mol. The predicted octanol–water partition coefficient (Wildman–Crippen LogP) is 1.64. The number of nitrogens with one attached hydrogen (secondary N) is 1. The lowest BCUT2D eigenvalue weighted by atomic mass is 10.1. The zero-order valence-corrected chi connectivity index (χ0v) is 14.3. The van der Waals surface area contributed by atoms with E-state index in [9.17, 15) is 9.59 Å². The van der Waals surface area contributed by atoms with Gasteiger partial charge in [-0.2, -0.15) is 0 Å². The largest absolute Gasteiger partial charge is 0.351 e. The standard InChI is InChI=1S/C18H27N3O2/c1-18(2,3)19-16(22)13-17(23)21-11-9-20(10-12-21)14-15-7-5-4-6-8-15/h4-8H,9-14H2,1-3H3,(H,19,22). The molecule has 5 heteroatoms. The number of hydrogen-bond donors (Lipinski definition) is 1. The molecule has 0 spiro atoms. The molecule has 1 heterocycles. The molecule has 126 valence electrons. The molecule has 23 heavy (non-hydrogen) atoms. The summed E-state index contributed by atoms with van der Waals surface area (Å²) < 4.78 is 0. The van der Waals surface area contributed by atoms with E-state index in [4.69, 9.17) is 0 Å². The first-order valence-corrected chi connectivity index (χ1v) is 8.18. The number of rotatable bonds is 4. The Hall–Kier alpha value is -1.88. The molecule has 1 aromatic rings. The van der Waals surface area contributed by atoms with Crippen LogP contribution in [0.25, 0.3) is 0 Å². The maximum Gasteiger partial charge on any atom is 0.232 e. The van der Waals surface area contributed by atoms with Gasteiger partial charge in [-0.3, -0.25) is 14.5 Å². The van der Waals surface area contributed by atoms with Gasteiger partial charge in [-0.25, -0.2) is 0 Å². The summed E-state index contributed by atoms with van der Waals surface area (Å²) in [7, 11) is 0. The Kier molecular flexibility index (Phi) is 5.77. The number of carbonyl (C=O) groups is 2. The summed E-state index contributed by atoms with van der Waals surface area (Å²) in [6.07, 6.45) is -0.0596. The van der Waals surface area contributed by atoms with E-state index in [2.05, 4.69) is 22.3 Å². The molecule has 0 aromatic heterocycles. The van der Waals surface area contributed by atoms with Crippen LogP contribution in [0, 0.1) is 0 Å². The van der Waals surface area contributed by atoms with Crippen molar-refractivity contribution in [3.8, 4) is 0 Å². The van der Waals surface area contributed by atoms with Gasteiger partial charge < -0.3 is 10.2 Å². The highest BCUT2D eigenvalue weighted by Gasteiger charge is 2.24. The minimum atomic E-state index is -0.300. The van der Waals surface area contributed by atoms with Crippen LogP contribution >= 0.6 is 0 Å². The topological polar surface area (TPSA) is 52.7 Å². The maximum absolute atomic E-state index is 12.2. The molecule has 2 amide bonds. The number of nitrogens with zero attached hydrogens (tertiary/aromatic N) is 2. The van der Waals surface area contributed by atoms with Crippen LogP contribution < -0.4 is 5.32 Å². The molecular formula is C18H27N3O2. The van der Waals surface area contributed by atoms with Gasteiger partial charge in [-0.15, -0.1) is 0 Å². The fourth-order valence-corrected chi connectivity index (χ4v) is 2.71. The van der Waals surface area contributed by atoms with E-state index in [1.807, 2.05) is 39.0 Å². The summed E-state index contributed by atoms with van der Waals surface area (Å²) in [5.41, 5.74) is 0.989. The van der Waals surface area contributed by atoms with E-state index in [1.165, 1.54) is 5.56 Å². The number of hydrogen-bond acceptors (Lipinski definition) is 3. The molecule has 0 saturated carbocycles. The van der Waals surface area contributed by atoms with Crippen LogP contribution in [0.3, 0.4) is 0 Å². The molecule has 0 aliphatic carbocycles. The van der Waals surface area contributed by atoms with Crippen LogP contribution in [0.4, 0.5) is 0 Å². The van der Waals surface area contributed by atoms with Crippen LogP contribution in [-0.4, -0.2) is 53.3 Å². The third kappa shape index (κ3) is 6.02. The number of benzene rings is 1. The highest BCUT2D eigenvalue weighted by molar-refractivity contribution is 5.97. The lowest BCUT2D eigenvalue weighted by Gasteiger charge is -2.35. The molecule has 1 fully saturated rings. The van der Waals surface area contributed by atoms with E-state index in [0.29, 0.717) is 13.1 Å². The van der Waals surface area contributed by atoms with E-state index in [-0.39, 0.29) is 23.8 Å². The Balaban J connectivity index is 1.75. The van der Waals surface area contributed by atoms with E-state index >= 15 is 0 Å². The third-order valence-electron chi connectivity index (χ3n) is 3.80. The molecule has 1 saturated heterocycles. The van der Waals surface area contributed by atoms with E-state index in [0.717, 1.165) is 19.6 Å². The molecular weight excluding hydrogens is 290 g/mol. The van der Waals surface area contributed by atoms with Gasteiger partial charge in [0.2, 0.25) is 11.8 Å². The van der Waals surface area contributed by atoms with Crippen molar-refractivity contribution >= 4 is 11.8 Å². The Morgan fingerprint density at radius 1 is 1.04 bits per heavy atom. The number of carbonyl (C=O) groups excluding carboxylic acids is 2. The highest BCUT2D eigenvalue weighted by Crippen LogP contribution is 2.09. The SMILES string of the molecule is CC(C)(C)NC(=O)CC(=O)N1CCN(Cc2ccccc2)CC1. The van der Waals surface area contributed by atoms with Crippen LogP contribution in [0.5, 0.6) is 0 Å². The lowest BCUT2D eigenvalue weighted by molar-refractivity contribution is -0.137. The average Bonchev–Trinajstić information content (AvgIpc) is 2.47.